The molecule has 0 spiro atoms. The van der Waals surface area contributed by atoms with E-state index in [0.717, 1.165) is 31.0 Å². The molecule has 1 aromatic heterocycles. The molecule has 1 aromatic rings. The van der Waals surface area contributed by atoms with Crippen LogP contribution in [0, 0.1) is 12.3 Å². The molecular weight excluding hydrogens is 224 g/mol. The van der Waals surface area contributed by atoms with Gasteiger partial charge in [-0.1, -0.05) is 26.7 Å². The van der Waals surface area contributed by atoms with Crippen LogP contribution in [0.25, 0.3) is 0 Å². The third-order valence-corrected chi connectivity index (χ3v) is 2.50. The molecular formula is C14H22N4. The zero-order valence-electron chi connectivity index (χ0n) is 11.5. The summed E-state index contributed by atoms with van der Waals surface area (Å²) in [5.41, 5.74) is 0.949. The van der Waals surface area contributed by atoms with Crippen LogP contribution in [0.1, 0.15) is 32.9 Å². The van der Waals surface area contributed by atoms with Crippen molar-refractivity contribution in [2.75, 3.05) is 18.0 Å². The van der Waals surface area contributed by atoms with Crippen LogP contribution in [0.4, 0.5) is 5.82 Å². The first-order valence-electron chi connectivity index (χ1n) is 6.41. The number of hydrogen-bond acceptors (Lipinski definition) is 4. The Morgan fingerprint density at radius 1 is 1.39 bits per heavy atom. The molecule has 0 bridgehead atoms. The van der Waals surface area contributed by atoms with Gasteiger partial charge in [-0.25, -0.2) is 0 Å². The predicted octanol–water partition coefficient (Wildman–Crippen LogP) is 1.82. The number of terminal acetylenes is 1. The lowest BCUT2D eigenvalue weighted by atomic mass is 10.3. The molecule has 0 unspecified atom stereocenters. The van der Waals surface area contributed by atoms with E-state index in [1.165, 1.54) is 0 Å². The largest absolute Gasteiger partial charge is 0.344 e. The minimum absolute atomic E-state index is 0.449. The molecule has 1 rings (SSSR count). The Morgan fingerprint density at radius 2 is 2.17 bits per heavy atom. The third-order valence-electron chi connectivity index (χ3n) is 2.50. The molecule has 0 saturated carbocycles. The highest BCUT2D eigenvalue weighted by Gasteiger charge is 2.06. The third kappa shape index (κ3) is 4.72. The van der Waals surface area contributed by atoms with E-state index in [9.17, 15) is 0 Å². The normalized spacial score (nSPS) is 10.4. The van der Waals surface area contributed by atoms with Gasteiger partial charge in [0.15, 0.2) is 5.82 Å². The van der Waals surface area contributed by atoms with Crippen molar-refractivity contribution in [3.05, 3.63) is 17.8 Å². The number of rotatable bonds is 7. The number of anilines is 1. The van der Waals surface area contributed by atoms with Crippen LogP contribution in [0.15, 0.2) is 12.1 Å². The molecule has 0 aliphatic heterocycles. The van der Waals surface area contributed by atoms with Gasteiger partial charge in [0.25, 0.3) is 0 Å². The maximum atomic E-state index is 5.36. The van der Waals surface area contributed by atoms with Crippen molar-refractivity contribution in [3.8, 4) is 12.3 Å². The van der Waals surface area contributed by atoms with Gasteiger partial charge in [0.2, 0.25) is 0 Å². The van der Waals surface area contributed by atoms with E-state index in [2.05, 4.69) is 47.1 Å². The SMILES string of the molecule is C#CCN(CCC)c1ccc(CNC(C)C)nn1. The van der Waals surface area contributed by atoms with E-state index in [4.69, 9.17) is 6.42 Å². The summed E-state index contributed by atoms with van der Waals surface area (Å²) in [5.74, 6) is 3.50. The number of nitrogens with zero attached hydrogens (tertiary/aromatic N) is 3. The average Bonchev–Trinajstić information content (AvgIpc) is 2.37. The van der Waals surface area contributed by atoms with Crippen molar-refractivity contribution in [1.82, 2.24) is 15.5 Å². The van der Waals surface area contributed by atoms with E-state index in [-0.39, 0.29) is 0 Å². The van der Waals surface area contributed by atoms with Gasteiger partial charge >= 0.3 is 0 Å². The highest BCUT2D eigenvalue weighted by atomic mass is 15.3. The monoisotopic (exact) mass is 246 g/mol. The number of nitrogens with one attached hydrogen (secondary N) is 1. The summed E-state index contributed by atoms with van der Waals surface area (Å²) in [5, 5.41) is 11.8. The number of hydrogen-bond donors (Lipinski definition) is 1. The van der Waals surface area contributed by atoms with Crippen LogP contribution in [0.2, 0.25) is 0 Å². The second-order valence-corrected chi connectivity index (χ2v) is 4.54. The molecule has 0 atom stereocenters. The lowest BCUT2D eigenvalue weighted by molar-refractivity contribution is 0.577. The van der Waals surface area contributed by atoms with Crippen LogP contribution in [0.5, 0.6) is 0 Å². The van der Waals surface area contributed by atoms with Crippen molar-refractivity contribution in [2.45, 2.75) is 39.8 Å². The van der Waals surface area contributed by atoms with E-state index >= 15 is 0 Å². The molecule has 0 aliphatic rings. The van der Waals surface area contributed by atoms with Crippen molar-refractivity contribution < 1.29 is 0 Å². The second kappa shape index (κ2) is 7.67. The maximum Gasteiger partial charge on any atom is 0.152 e. The van der Waals surface area contributed by atoms with Gasteiger partial charge in [0, 0.05) is 19.1 Å². The Kier molecular flexibility index (Phi) is 6.16. The minimum atomic E-state index is 0.449. The molecule has 0 aliphatic carbocycles. The van der Waals surface area contributed by atoms with Crippen LogP contribution >= 0.6 is 0 Å². The van der Waals surface area contributed by atoms with E-state index in [1.54, 1.807) is 0 Å². The number of aromatic nitrogens is 2. The summed E-state index contributed by atoms with van der Waals surface area (Å²) >= 11 is 0. The van der Waals surface area contributed by atoms with E-state index in [0.29, 0.717) is 12.6 Å². The molecule has 0 aromatic carbocycles. The summed E-state index contributed by atoms with van der Waals surface area (Å²) in [6.45, 7) is 8.57. The van der Waals surface area contributed by atoms with E-state index < -0.39 is 0 Å². The molecule has 0 radical (unpaired) electrons. The molecule has 0 fully saturated rings. The van der Waals surface area contributed by atoms with Gasteiger partial charge in [0.1, 0.15) is 0 Å². The molecule has 98 valence electrons. The first-order valence-corrected chi connectivity index (χ1v) is 6.41. The minimum Gasteiger partial charge on any atom is -0.344 e. The summed E-state index contributed by atoms with van der Waals surface area (Å²) < 4.78 is 0. The molecule has 1 heterocycles. The first kappa shape index (κ1) is 14.5. The molecule has 18 heavy (non-hydrogen) atoms. The van der Waals surface area contributed by atoms with Gasteiger partial charge in [0.05, 0.1) is 12.2 Å². The zero-order chi connectivity index (χ0) is 13.4. The summed E-state index contributed by atoms with van der Waals surface area (Å²) in [4.78, 5) is 2.06. The zero-order valence-corrected chi connectivity index (χ0v) is 11.5. The Bertz CT molecular complexity index is 378. The van der Waals surface area contributed by atoms with Crippen molar-refractivity contribution >= 4 is 5.82 Å². The molecule has 0 saturated heterocycles. The molecule has 4 nitrogen and oxygen atoms in total. The van der Waals surface area contributed by atoms with Crippen molar-refractivity contribution in [3.63, 3.8) is 0 Å². The quantitative estimate of drug-likeness (QED) is 0.745. The lowest BCUT2D eigenvalue weighted by Crippen LogP contribution is -2.26. The first-order chi connectivity index (χ1) is 8.67. The van der Waals surface area contributed by atoms with Crippen LogP contribution in [-0.4, -0.2) is 29.3 Å². The highest BCUT2D eigenvalue weighted by molar-refractivity contribution is 5.38. The van der Waals surface area contributed by atoms with Gasteiger partial charge in [-0.15, -0.1) is 11.5 Å². The second-order valence-electron chi connectivity index (χ2n) is 4.54. The lowest BCUT2D eigenvalue weighted by Gasteiger charge is -2.19. The fourth-order valence-corrected chi connectivity index (χ4v) is 1.58. The molecule has 0 amide bonds. The fraction of sp³-hybridized carbons (Fsp3) is 0.571. The summed E-state index contributed by atoms with van der Waals surface area (Å²) in [6.07, 6.45) is 6.40. The summed E-state index contributed by atoms with van der Waals surface area (Å²) in [7, 11) is 0. The standard InChI is InChI=1S/C14H22N4/c1-5-9-18(10-6-2)14-8-7-13(16-17-14)11-15-12(3)4/h1,7-8,12,15H,6,9-11H2,2-4H3. The van der Waals surface area contributed by atoms with E-state index in [1.807, 2.05) is 12.1 Å². The topological polar surface area (TPSA) is 41.0 Å². The van der Waals surface area contributed by atoms with Crippen LogP contribution in [0.3, 0.4) is 0 Å². The predicted molar refractivity (Wildman–Crippen MR) is 75.3 cm³/mol. The van der Waals surface area contributed by atoms with Crippen molar-refractivity contribution in [2.24, 2.45) is 0 Å². The highest BCUT2D eigenvalue weighted by Crippen LogP contribution is 2.09. The Hall–Kier alpha value is -1.60. The maximum absolute atomic E-state index is 5.36. The Labute approximate surface area is 110 Å². The average molecular weight is 246 g/mol. The molecule has 4 heteroatoms. The molecule has 1 N–H and O–H groups in total. The van der Waals surface area contributed by atoms with Gasteiger partial charge in [-0.05, 0) is 18.6 Å². The van der Waals surface area contributed by atoms with Gasteiger partial charge in [-0.2, -0.15) is 5.10 Å². The summed E-state index contributed by atoms with van der Waals surface area (Å²) in [6, 6.07) is 4.43. The fourth-order valence-electron chi connectivity index (χ4n) is 1.58. The van der Waals surface area contributed by atoms with Crippen molar-refractivity contribution in [1.29, 1.82) is 0 Å². The Balaban J connectivity index is 2.65. The van der Waals surface area contributed by atoms with Crippen LogP contribution < -0.4 is 10.2 Å². The van der Waals surface area contributed by atoms with Crippen LogP contribution in [-0.2, 0) is 6.54 Å². The smallest absolute Gasteiger partial charge is 0.152 e. The Morgan fingerprint density at radius 3 is 2.67 bits per heavy atom. The van der Waals surface area contributed by atoms with Gasteiger partial charge < -0.3 is 10.2 Å². The van der Waals surface area contributed by atoms with Gasteiger partial charge in [-0.3, -0.25) is 0 Å².